The molecule has 1 rings (SSSR count). The fourth-order valence-electron chi connectivity index (χ4n) is 0.674. The molecule has 40 valence electrons. The normalized spacial score (nSPS) is 20.1. The zero-order chi connectivity index (χ0) is 5.28. The lowest BCUT2D eigenvalue weighted by molar-refractivity contribution is 0.399. The van der Waals surface area contributed by atoms with Crippen molar-refractivity contribution in [3.63, 3.8) is 0 Å². The standard InChI is InChI=1S/C5H9NO/c1-6-3-2-5(7)4-6/h4,7H,2-3H2,1H3. The number of aliphatic hydroxyl groups is 1. The summed E-state index contributed by atoms with van der Waals surface area (Å²) in [7, 11) is 1.95. The molecule has 0 aliphatic carbocycles. The minimum atomic E-state index is 0.502. The average molecular weight is 99.1 g/mol. The van der Waals surface area contributed by atoms with Crippen LogP contribution in [0.15, 0.2) is 12.0 Å². The van der Waals surface area contributed by atoms with Crippen molar-refractivity contribution in [3.05, 3.63) is 12.0 Å². The van der Waals surface area contributed by atoms with Crippen LogP contribution >= 0.6 is 0 Å². The van der Waals surface area contributed by atoms with E-state index in [1.54, 1.807) is 6.20 Å². The molecule has 2 heteroatoms. The highest BCUT2D eigenvalue weighted by Gasteiger charge is 2.04. The maximum atomic E-state index is 8.72. The maximum absolute atomic E-state index is 8.72. The highest BCUT2D eigenvalue weighted by atomic mass is 16.3. The first-order valence-corrected chi connectivity index (χ1v) is 2.39. The predicted molar refractivity (Wildman–Crippen MR) is 28.0 cm³/mol. The first kappa shape index (κ1) is 4.50. The molecule has 0 unspecified atom stereocenters. The van der Waals surface area contributed by atoms with E-state index in [0.717, 1.165) is 13.0 Å². The first-order chi connectivity index (χ1) is 3.29. The smallest absolute Gasteiger partial charge is 0.110 e. The van der Waals surface area contributed by atoms with E-state index >= 15 is 0 Å². The van der Waals surface area contributed by atoms with Crippen LogP contribution in [0.4, 0.5) is 0 Å². The van der Waals surface area contributed by atoms with Crippen LogP contribution in [0, 0.1) is 0 Å². The zero-order valence-corrected chi connectivity index (χ0v) is 4.39. The van der Waals surface area contributed by atoms with Crippen LogP contribution in [-0.2, 0) is 0 Å². The summed E-state index contributed by atoms with van der Waals surface area (Å²) in [6.45, 7) is 0.964. The van der Waals surface area contributed by atoms with Gasteiger partial charge in [0.05, 0.1) is 0 Å². The van der Waals surface area contributed by atoms with Crippen LogP contribution < -0.4 is 0 Å². The Morgan fingerprint density at radius 1 is 1.86 bits per heavy atom. The van der Waals surface area contributed by atoms with Crippen molar-refractivity contribution in [3.8, 4) is 0 Å². The monoisotopic (exact) mass is 99.1 g/mol. The lowest BCUT2D eigenvalue weighted by atomic mass is 10.4. The largest absolute Gasteiger partial charge is 0.511 e. The van der Waals surface area contributed by atoms with Crippen LogP contribution in [0.1, 0.15) is 6.42 Å². The lowest BCUT2D eigenvalue weighted by Crippen LogP contribution is -2.04. The lowest BCUT2D eigenvalue weighted by Gasteiger charge is -2.01. The molecular weight excluding hydrogens is 90.1 g/mol. The van der Waals surface area contributed by atoms with Gasteiger partial charge in [0.1, 0.15) is 5.76 Å². The number of nitrogens with zero attached hydrogens (tertiary/aromatic N) is 1. The Labute approximate surface area is 43.1 Å². The van der Waals surface area contributed by atoms with E-state index in [-0.39, 0.29) is 0 Å². The molecule has 0 fully saturated rings. The van der Waals surface area contributed by atoms with E-state index in [1.807, 2.05) is 11.9 Å². The Kier molecular flexibility index (Phi) is 0.929. The molecule has 1 heterocycles. The molecule has 0 spiro atoms. The summed E-state index contributed by atoms with van der Waals surface area (Å²) in [6.07, 6.45) is 2.57. The molecule has 0 saturated heterocycles. The number of hydrogen-bond acceptors (Lipinski definition) is 2. The second kappa shape index (κ2) is 1.45. The van der Waals surface area contributed by atoms with Crippen LogP contribution in [0.2, 0.25) is 0 Å². The molecule has 0 atom stereocenters. The molecule has 0 aromatic rings. The fourth-order valence-corrected chi connectivity index (χ4v) is 0.674. The second-order valence-electron chi connectivity index (χ2n) is 1.85. The van der Waals surface area contributed by atoms with Crippen molar-refractivity contribution >= 4 is 0 Å². The van der Waals surface area contributed by atoms with E-state index in [2.05, 4.69) is 0 Å². The summed E-state index contributed by atoms with van der Waals surface area (Å²) in [6, 6.07) is 0. The summed E-state index contributed by atoms with van der Waals surface area (Å²) >= 11 is 0. The van der Waals surface area contributed by atoms with E-state index in [9.17, 15) is 0 Å². The maximum Gasteiger partial charge on any atom is 0.110 e. The van der Waals surface area contributed by atoms with Gasteiger partial charge >= 0.3 is 0 Å². The summed E-state index contributed by atoms with van der Waals surface area (Å²) < 4.78 is 0. The topological polar surface area (TPSA) is 23.5 Å². The minimum Gasteiger partial charge on any atom is -0.511 e. The van der Waals surface area contributed by atoms with Crippen molar-refractivity contribution in [2.75, 3.05) is 13.6 Å². The van der Waals surface area contributed by atoms with Gasteiger partial charge in [-0.15, -0.1) is 0 Å². The van der Waals surface area contributed by atoms with Crippen LogP contribution in [0.25, 0.3) is 0 Å². The number of hydrogen-bond donors (Lipinski definition) is 1. The third-order valence-corrected chi connectivity index (χ3v) is 1.09. The number of aliphatic hydroxyl groups excluding tert-OH is 1. The molecular formula is C5H9NO. The van der Waals surface area contributed by atoms with Crippen molar-refractivity contribution < 1.29 is 5.11 Å². The molecule has 0 amide bonds. The van der Waals surface area contributed by atoms with E-state index < -0.39 is 0 Å². The highest BCUT2D eigenvalue weighted by Crippen LogP contribution is 2.06. The third kappa shape index (κ3) is 0.856. The Bertz CT molecular complexity index is 98.3. The zero-order valence-electron chi connectivity index (χ0n) is 4.39. The quantitative estimate of drug-likeness (QED) is 0.483. The van der Waals surface area contributed by atoms with Gasteiger partial charge in [-0.25, -0.2) is 0 Å². The van der Waals surface area contributed by atoms with Gasteiger partial charge in [-0.05, 0) is 0 Å². The third-order valence-electron chi connectivity index (χ3n) is 1.09. The fraction of sp³-hybridized carbons (Fsp3) is 0.600. The Balaban J connectivity index is 2.50. The molecule has 0 aromatic heterocycles. The number of rotatable bonds is 0. The molecule has 0 radical (unpaired) electrons. The summed E-state index contributed by atoms with van der Waals surface area (Å²) in [5, 5.41) is 8.72. The SMILES string of the molecule is CN1C=C(O)CC1. The van der Waals surface area contributed by atoms with Crippen molar-refractivity contribution in [1.82, 2.24) is 4.90 Å². The summed E-state index contributed by atoms with van der Waals surface area (Å²) in [4.78, 5) is 1.97. The molecule has 2 nitrogen and oxygen atoms in total. The van der Waals surface area contributed by atoms with Gasteiger partial charge < -0.3 is 10.0 Å². The molecule has 1 aliphatic rings. The van der Waals surface area contributed by atoms with Gasteiger partial charge in [0.2, 0.25) is 0 Å². The Morgan fingerprint density at radius 3 is 2.71 bits per heavy atom. The molecule has 1 aliphatic heterocycles. The van der Waals surface area contributed by atoms with E-state index in [0.29, 0.717) is 5.76 Å². The predicted octanol–water partition coefficient (Wildman–Crippen LogP) is 0.721. The molecule has 0 bridgehead atoms. The van der Waals surface area contributed by atoms with Gasteiger partial charge in [-0.1, -0.05) is 0 Å². The summed E-state index contributed by atoms with van der Waals surface area (Å²) in [5.74, 6) is 0.502. The Morgan fingerprint density at radius 2 is 2.57 bits per heavy atom. The molecule has 7 heavy (non-hydrogen) atoms. The van der Waals surface area contributed by atoms with Gasteiger partial charge in [0, 0.05) is 26.2 Å². The van der Waals surface area contributed by atoms with E-state index in [1.165, 1.54) is 0 Å². The Hall–Kier alpha value is -0.660. The van der Waals surface area contributed by atoms with Crippen molar-refractivity contribution in [2.45, 2.75) is 6.42 Å². The van der Waals surface area contributed by atoms with E-state index in [4.69, 9.17) is 5.11 Å². The minimum absolute atomic E-state index is 0.502. The first-order valence-electron chi connectivity index (χ1n) is 2.39. The molecule has 0 aromatic carbocycles. The summed E-state index contributed by atoms with van der Waals surface area (Å²) in [5.41, 5.74) is 0. The van der Waals surface area contributed by atoms with Crippen LogP contribution in [-0.4, -0.2) is 23.6 Å². The van der Waals surface area contributed by atoms with Gasteiger partial charge in [0.15, 0.2) is 0 Å². The molecule has 1 N–H and O–H groups in total. The van der Waals surface area contributed by atoms with Crippen molar-refractivity contribution in [1.29, 1.82) is 0 Å². The van der Waals surface area contributed by atoms with Crippen LogP contribution in [0.5, 0.6) is 0 Å². The van der Waals surface area contributed by atoms with Gasteiger partial charge in [0.25, 0.3) is 0 Å². The van der Waals surface area contributed by atoms with Gasteiger partial charge in [-0.3, -0.25) is 0 Å². The molecule has 0 saturated carbocycles. The average Bonchev–Trinajstić information content (AvgIpc) is 1.87. The highest BCUT2D eigenvalue weighted by molar-refractivity contribution is 4.96. The second-order valence-corrected chi connectivity index (χ2v) is 1.85. The van der Waals surface area contributed by atoms with Gasteiger partial charge in [-0.2, -0.15) is 0 Å². The van der Waals surface area contributed by atoms with Crippen LogP contribution in [0.3, 0.4) is 0 Å². The van der Waals surface area contributed by atoms with Crippen molar-refractivity contribution in [2.24, 2.45) is 0 Å².